The van der Waals surface area contributed by atoms with Gasteiger partial charge in [-0.2, -0.15) is 15.4 Å². The number of para-hydroxylation sites is 1. The van der Waals surface area contributed by atoms with Crippen molar-refractivity contribution in [2.24, 2.45) is 11.8 Å². The molecule has 53 heavy (non-hydrogen) atoms. The van der Waals surface area contributed by atoms with E-state index in [2.05, 4.69) is 10.2 Å². The third-order valence-electron chi connectivity index (χ3n) is 7.79. The molecule has 3 N–H and O–H groups in total. The number of nitrogens with one attached hydrogen (secondary N) is 2. The van der Waals surface area contributed by atoms with E-state index in [4.69, 9.17) is 37.9 Å². The second kappa shape index (κ2) is 16.7. The molecule has 3 aromatic rings. The number of nitriles is 1. The van der Waals surface area contributed by atoms with E-state index in [1.165, 1.54) is 35.7 Å². The summed E-state index contributed by atoms with van der Waals surface area (Å²) in [5.74, 6) is -3.68. The van der Waals surface area contributed by atoms with E-state index in [9.17, 15) is 33.7 Å². The smallest absolute Gasteiger partial charge is 0.459 e. The van der Waals surface area contributed by atoms with Crippen molar-refractivity contribution in [2.45, 2.75) is 71.3 Å². The fourth-order valence-electron chi connectivity index (χ4n) is 4.98. The molecule has 0 radical (unpaired) electrons. The third kappa shape index (κ3) is 9.78. The molecule has 1 fully saturated rings. The molecular formula is C32H42N6O13P2. The molecule has 1 aliphatic heterocycles. The number of esters is 3. The van der Waals surface area contributed by atoms with Gasteiger partial charge in [-0.05, 0) is 31.2 Å². The molecular weight excluding hydrogens is 738 g/mol. The van der Waals surface area contributed by atoms with Gasteiger partial charge in [0, 0.05) is 6.66 Å². The first-order chi connectivity index (χ1) is 24.8. The van der Waals surface area contributed by atoms with Gasteiger partial charge >= 0.3 is 33.3 Å². The molecule has 1 aromatic carbocycles. The molecule has 0 saturated carbocycles. The molecule has 0 bridgehead atoms. The minimum atomic E-state index is -4.59. The molecule has 0 aliphatic carbocycles. The van der Waals surface area contributed by atoms with Gasteiger partial charge in [-0.15, -0.1) is 0 Å². The molecule has 1 unspecified atom stereocenters. The van der Waals surface area contributed by atoms with Crippen LogP contribution in [0.3, 0.4) is 0 Å². The van der Waals surface area contributed by atoms with Crippen molar-refractivity contribution in [3.05, 3.63) is 60.0 Å². The summed E-state index contributed by atoms with van der Waals surface area (Å²) in [7, 11) is -7.36. The number of methoxy groups -OCH3 is 1. The van der Waals surface area contributed by atoms with Crippen LogP contribution in [0.1, 0.15) is 46.4 Å². The molecule has 3 heterocycles. The van der Waals surface area contributed by atoms with Crippen LogP contribution in [0.2, 0.25) is 0 Å². The van der Waals surface area contributed by atoms with Gasteiger partial charge in [0.05, 0.1) is 24.6 Å². The van der Waals surface area contributed by atoms with E-state index in [0.29, 0.717) is 0 Å². The summed E-state index contributed by atoms with van der Waals surface area (Å²) in [5.41, 5.74) is -2.26. The number of ether oxygens (including phenoxy) is 4. The molecule has 1 aliphatic rings. The molecule has 288 valence electrons. The lowest BCUT2D eigenvalue weighted by Gasteiger charge is -2.31. The normalized spacial score (nSPS) is 22.8. The number of fused-ring (bicyclic) bond motifs is 1. The lowest BCUT2D eigenvalue weighted by Crippen LogP contribution is -2.50. The van der Waals surface area contributed by atoms with Crippen LogP contribution in [0.15, 0.2) is 48.8 Å². The van der Waals surface area contributed by atoms with Crippen molar-refractivity contribution in [3.63, 3.8) is 0 Å². The van der Waals surface area contributed by atoms with E-state index < -0.39 is 88.4 Å². The molecule has 7 atom stereocenters. The van der Waals surface area contributed by atoms with Gasteiger partial charge in [-0.1, -0.05) is 45.9 Å². The molecule has 0 spiro atoms. The average Bonchev–Trinajstić information content (AvgIpc) is 3.66. The van der Waals surface area contributed by atoms with Crippen molar-refractivity contribution < 1.29 is 60.9 Å². The first-order valence-electron chi connectivity index (χ1n) is 16.2. The highest BCUT2D eigenvalue weighted by Crippen LogP contribution is 2.50. The molecule has 0 amide bonds. The highest BCUT2D eigenvalue weighted by Gasteiger charge is 2.62. The summed E-state index contributed by atoms with van der Waals surface area (Å²) < 4.78 is 67.7. The monoisotopic (exact) mass is 780 g/mol. The van der Waals surface area contributed by atoms with Crippen LogP contribution in [0.4, 0.5) is 0 Å². The maximum absolute atomic E-state index is 14.3. The Morgan fingerprint density at radius 3 is 2.26 bits per heavy atom. The molecule has 2 aromatic heterocycles. The Labute approximate surface area is 304 Å². The number of benzene rings is 1. The fourth-order valence-corrected chi connectivity index (χ4v) is 6.84. The summed E-state index contributed by atoms with van der Waals surface area (Å²) in [6.45, 7) is 7.16. The fraction of sp³-hybridized carbons (Fsp3) is 0.500. The molecule has 4 rings (SSSR count). The van der Waals surface area contributed by atoms with Crippen LogP contribution < -0.4 is 15.1 Å². The van der Waals surface area contributed by atoms with Crippen molar-refractivity contribution in [1.82, 2.24) is 19.3 Å². The molecule has 19 nitrogen and oxygen atoms in total. The Morgan fingerprint density at radius 1 is 1.04 bits per heavy atom. The van der Waals surface area contributed by atoms with Gasteiger partial charge in [0.1, 0.15) is 49.1 Å². The first kappa shape index (κ1) is 41.4. The van der Waals surface area contributed by atoms with E-state index >= 15 is 0 Å². The predicted octanol–water partition coefficient (Wildman–Crippen LogP) is 3.23. The van der Waals surface area contributed by atoms with Crippen LogP contribution in [0, 0.1) is 28.6 Å². The largest absolute Gasteiger partial charge is 0.468 e. The van der Waals surface area contributed by atoms with E-state index in [0.717, 1.165) is 24.7 Å². The van der Waals surface area contributed by atoms with Gasteiger partial charge in [0.2, 0.25) is 5.60 Å². The summed E-state index contributed by atoms with van der Waals surface area (Å²) in [4.78, 5) is 48.2. The van der Waals surface area contributed by atoms with Gasteiger partial charge in [-0.3, -0.25) is 38.0 Å². The number of aromatic nitrogens is 3. The molecule has 1 saturated heterocycles. The summed E-state index contributed by atoms with van der Waals surface area (Å²) >= 11 is 0. The van der Waals surface area contributed by atoms with Crippen LogP contribution in [0.25, 0.3) is 5.52 Å². The Hall–Kier alpha value is -4.40. The third-order valence-corrected chi connectivity index (χ3v) is 10.0. The number of carbonyl (C=O) groups is 3. The standard InChI is InChI=1S/C32H42N6O13P2/c1-19(2)29(39)48-26-25(23-13-14-24-28(34)37(17-35-38(23)24)18-47-52(7,42)43)50-32(15-33,27(26)49-30(40)20(3)4)16-46-53(44,36-21(5)31(41)45-6)51-22-11-9-8-10-12-22/h8-14,17,19-21,25-27,34H,16,18H2,1-7H3,(H,36,44)(H,42,43)/t21-,25-,26-,27-,32+,53-/m0/s1. The SMILES string of the molecule is COC(=O)[C@H](C)N[P@](=O)(OC[C@@]1(C#N)O[C@@H](c2ccc3c(=N)n(COP(C)(=O)O)cnn23)[C@H](OC(=O)C(C)C)[C@@H]1OC(=O)C(C)C)Oc1ccccc1. The topological polar surface area (TPSA) is 252 Å². The van der Waals surface area contributed by atoms with Gasteiger partial charge < -0.3 is 28.4 Å². The van der Waals surface area contributed by atoms with Crippen LogP contribution in [-0.4, -0.2) is 81.2 Å². The lowest BCUT2D eigenvalue weighted by molar-refractivity contribution is -0.173. The van der Waals surface area contributed by atoms with Crippen molar-refractivity contribution >= 4 is 38.8 Å². The van der Waals surface area contributed by atoms with Gasteiger partial charge in [-0.25, -0.2) is 9.08 Å². The number of carbonyl (C=O) groups excluding carboxylic acids is 3. The second-order valence-electron chi connectivity index (χ2n) is 12.7. The average molecular weight is 781 g/mol. The lowest BCUT2D eigenvalue weighted by atomic mass is 9.95. The van der Waals surface area contributed by atoms with E-state index in [1.807, 2.05) is 6.07 Å². The number of hydrogen-bond donors (Lipinski definition) is 3. The predicted molar refractivity (Wildman–Crippen MR) is 183 cm³/mol. The Balaban J connectivity index is 1.83. The summed E-state index contributed by atoms with van der Waals surface area (Å²) in [6.07, 6.45) is -3.50. The highest BCUT2D eigenvalue weighted by molar-refractivity contribution is 7.52. The van der Waals surface area contributed by atoms with Crippen LogP contribution in [0.5, 0.6) is 5.75 Å². The number of rotatable bonds is 16. The minimum Gasteiger partial charge on any atom is -0.468 e. The van der Waals surface area contributed by atoms with Gasteiger partial charge in [0.25, 0.3) is 0 Å². The van der Waals surface area contributed by atoms with Crippen molar-refractivity contribution in [3.8, 4) is 11.8 Å². The first-order valence-corrected chi connectivity index (χ1v) is 19.8. The van der Waals surface area contributed by atoms with E-state index in [1.54, 1.807) is 45.9 Å². The van der Waals surface area contributed by atoms with Crippen LogP contribution >= 0.6 is 15.3 Å². The zero-order chi connectivity index (χ0) is 39.3. The van der Waals surface area contributed by atoms with Crippen molar-refractivity contribution in [1.29, 1.82) is 10.7 Å². The van der Waals surface area contributed by atoms with Crippen LogP contribution in [-0.2, 0) is 58.2 Å². The van der Waals surface area contributed by atoms with Crippen molar-refractivity contribution in [2.75, 3.05) is 20.4 Å². The number of nitrogens with zero attached hydrogens (tertiary/aromatic N) is 4. The summed E-state index contributed by atoms with van der Waals surface area (Å²) in [6, 6.07) is 11.5. The molecule has 21 heteroatoms. The maximum atomic E-state index is 14.3. The Bertz CT molecular complexity index is 2010. The zero-order valence-corrected chi connectivity index (χ0v) is 31.8. The Kier molecular flexibility index (Phi) is 13.1. The minimum absolute atomic E-state index is 0.0726. The quantitative estimate of drug-likeness (QED) is 0.107. The highest BCUT2D eigenvalue weighted by atomic mass is 31.2. The number of hydrogen-bond acceptors (Lipinski definition) is 15. The maximum Gasteiger partial charge on any atom is 0.459 e. The Morgan fingerprint density at radius 2 is 1.68 bits per heavy atom. The van der Waals surface area contributed by atoms with E-state index in [-0.39, 0.29) is 22.4 Å². The van der Waals surface area contributed by atoms with Gasteiger partial charge in [0.15, 0.2) is 17.7 Å². The zero-order valence-electron chi connectivity index (χ0n) is 30.0. The second-order valence-corrected chi connectivity index (χ2v) is 16.3. The summed E-state index contributed by atoms with van der Waals surface area (Å²) in [5, 5.41) is 26.3.